The Morgan fingerprint density at radius 3 is 2.67 bits per heavy atom. The number of hydrogen-bond acceptors (Lipinski definition) is 2. The summed E-state index contributed by atoms with van der Waals surface area (Å²) in [6.07, 6.45) is 0.981. The standard InChI is InChI=1S/C12H13ClN2O3/c1-6-4-10(6)15-12(18)14-7-2-3-9(13)8(5-7)11(16)17/h2-3,5-6,10H,4H2,1H3,(H,16,17)(H2,14,15,18). The molecule has 5 nitrogen and oxygen atoms in total. The number of carbonyl (C=O) groups is 2. The normalized spacial score (nSPS) is 21.2. The van der Waals surface area contributed by atoms with Gasteiger partial charge in [-0.25, -0.2) is 9.59 Å². The van der Waals surface area contributed by atoms with E-state index in [0.717, 1.165) is 6.42 Å². The highest BCUT2D eigenvalue weighted by Crippen LogP contribution is 2.29. The van der Waals surface area contributed by atoms with E-state index in [-0.39, 0.29) is 22.7 Å². The first kappa shape index (κ1) is 12.7. The van der Waals surface area contributed by atoms with Gasteiger partial charge in [-0.3, -0.25) is 0 Å². The topological polar surface area (TPSA) is 78.4 Å². The average Bonchev–Trinajstić information content (AvgIpc) is 2.96. The van der Waals surface area contributed by atoms with Gasteiger partial charge in [0.25, 0.3) is 0 Å². The number of urea groups is 1. The van der Waals surface area contributed by atoms with Gasteiger partial charge in [-0.1, -0.05) is 18.5 Å². The van der Waals surface area contributed by atoms with E-state index in [9.17, 15) is 9.59 Å². The Hall–Kier alpha value is -1.75. The summed E-state index contributed by atoms with van der Waals surface area (Å²) in [5, 5.41) is 14.4. The lowest BCUT2D eigenvalue weighted by molar-refractivity contribution is 0.0697. The first-order chi connectivity index (χ1) is 8.47. The van der Waals surface area contributed by atoms with Gasteiger partial charge in [0.1, 0.15) is 0 Å². The monoisotopic (exact) mass is 268 g/mol. The van der Waals surface area contributed by atoms with Crippen LogP contribution < -0.4 is 10.6 Å². The van der Waals surface area contributed by atoms with Crippen molar-refractivity contribution < 1.29 is 14.7 Å². The molecule has 0 aromatic heterocycles. The fraction of sp³-hybridized carbons (Fsp3) is 0.333. The highest BCUT2D eigenvalue weighted by molar-refractivity contribution is 6.33. The van der Waals surface area contributed by atoms with E-state index in [1.165, 1.54) is 12.1 Å². The summed E-state index contributed by atoms with van der Waals surface area (Å²) in [6, 6.07) is 4.23. The highest BCUT2D eigenvalue weighted by atomic mass is 35.5. The van der Waals surface area contributed by atoms with Gasteiger partial charge >= 0.3 is 12.0 Å². The first-order valence-corrected chi connectivity index (χ1v) is 5.95. The Morgan fingerprint density at radius 2 is 2.11 bits per heavy atom. The number of nitrogens with one attached hydrogen (secondary N) is 2. The largest absolute Gasteiger partial charge is 0.478 e. The maximum atomic E-state index is 11.6. The first-order valence-electron chi connectivity index (χ1n) is 5.57. The minimum Gasteiger partial charge on any atom is -0.478 e. The Morgan fingerprint density at radius 1 is 1.44 bits per heavy atom. The lowest BCUT2D eigenvalue weighted by Crippen LogP contribution is -2.31. The molecule has 6 heteroatoms. The molecule has 0 bridgehead atoms. The quantitative estimate of drug-likeness (QED) is 0.788. The minimum absolute atomic E-state index is 0.0331. The molecule has 3 N–H and O–H groups in total. The number of aromatic carboxylic acids is 1. The Labute approximate surface area is 109 Å². The average molecular weight is 269 g/mol. The van der Waals surface area contributed by atoms with Crippen molar-refractivity contribution in [1.29, 1.82) is 0 Å². The van der Waals surface area contributed by atoms with Crippen LogP contribution in [-0.4, -0.2) is 23.1 Å². The molecule has 1 fully saturated rings. The SMILES string of the molecule is CC1CC1NC(=O)Nc1ccc(Cl)c(C(=O)O)c1. The number of hydrogen-bond donors (Lipinski definition) is 3. The van der Waals surface area contributed by atoms with Crippen LogP contribution in [0.25, 0.3) is 0 Å². The molecule has 0 heterocycles. The second kappa shape index (κ2) is 4.86. The van der Waals surface area contributed by atoms with Crippen LogP contribution in [0.1, 0.15) is 23.7 Å². The molecule has 1 aromatic rings. The molecule has 1 aliphatic rings. The van der Waals surface area contributed by atoms with Crippen LogP contribution >= 0.6 is 11.6 Å². The zero-order valence-electron chi connectivity index (χ0n) is 9.74. The third-order valence-corrected chi connectivity index (χ3v) is 3.21. The maximum absolute atomic E-state index is 11.6. The van der Waals surface area contributed by atoms with Crippen molar-refractivity contribution in [2.75, 3.05) is 5.32 Å². The van der Waals surface area contributed by atoms with Crippen LogP contribution in [-0.2, 0) is 0 Å². The van der Waals surface area contributed by atoms with E-state index >= 15 is 0 Å². The summed E-state index contributed by atoms with van der Waals surface area (Å²) >= 11 is 5.73. The summed E-state index contributed by atoms with van der Waals surface area (Å²) in [5.41, 5.74) is 0.372. The number of carboxylic acids is 1. The lowest BCUT2D eigenvalue weighted by Gasteiger charge is -2.08. The van der Waals surface area contributed by atoms with E-state index in [1.807, 2.05) is 0 Å². The number of halogens is 1. The van der Waals surface area contributed by atoms with Gasteiger partial charge in [-0.2, -0.15) is 0 Å². The lowest BCUT2D eigenvalue weighted by atomic mass is 10.2. The zero-order valence-corrected chi connectivity index (χ0v) is 10.5. The Balaban J connectivity index is 2.02. The molecule has 0 aliphatic heterocycles. The number of rotatable bonds is 3. The molecule has 1 aliphatic carbocycles. The van der Waals surface area contributed by atoms with Gasteiger partial charge in [0, 0.05) is 11.7 Å². The Bertz CT molecular complexity index is 504. The fourth-order valence-corrected chi connectivity index (χ4v) is 1.82. The molecule has 0 saturated heterocycles. The molecule has 0 spiro atoms. The number of amides is 2. The van der Waals surface area contributed by atoms with Crippen LogP contribution in [0, 0.1) is 5.92 Å². The van der Waals surface area contributed by atoms with Crippen LogP contribution in [0.5, 0.6) is 0 Å². The van der Waals surface area contributed by atoms with Crippen molar-refractivity contribution >= 4 is 29.3 Å². The summed E-state index contributed by atoms with van der Waals surface area (Å²) in [6.45, 7) is 2.05. The molecule has 2 amide bonds. The van der Waals surface area contributed by atoms with Gasteiger partial charge in [0.15, 0.2) is 0 Å². The summed E-state index contributed by atoms with van der Waals surface area (Å²) in [5.74, 6) is -0.615. The molecule has 0 radical (unpaired) electrons. The van der Waals surface area contributed by atoms with E-state index < -0.39 is 5.97 Å². The van der Waals surface area contributed by atoms with E-state index in [0.29, 0.717) is 11.6 Å². The van der Waals surface area contributed by atoms with Crippen molar-refractivity contribution in [3.63, 3.8) is 0 Å². The molecule has 1 aromatic carbocycles. The third-order valence-electron chi connectivity index (χ3n) is 2.88. The van der Waals surface area contributed by atoms with Gasteiger partial charge in [0.05, 0.1) is 10.6 Å². The van der Waals surface area contributed by atoms with Gasteiger partial charge in [0.2, 0.25) is 0 Å². The van der Waals surface area contributed by atoms with Crippen LogP contribution in [0.4, 0.5) is 10.5 Å². The molecular formula is C12H13ClN2O3. The van der Waals surface area contributed by atoms with Gasteiger partial charge in [-0.15, -0.1) is 0 Å². The minimum atomic E-state index is -1.13. The number of anilines is 1. The summed E-state index contributed by atoms with van der Waals surface area (Å²) in [7, 11) is 0. The van der Waals surface area contributed by atoms with E-state index in [2.05, 4.69) is 17.6 Å². The Kier molecular flexibility index (Phi) is 3.43. The molecule has 2 unspecified atom stereocenters. The highest BCUT2D eigenvalue weighted by Gasteiger charge is 2.33. The molecule has 1 saturated carbocycles. The van der Waals surface area contributed by atoms with E-state index in [4.69, 9.17) is 16.7 Å². The predicted molar refractivity (Wildman–Crippen MR) is 68.1 cm³/mol. The van der Waals surface area contributed by atoms with Crippen molar-refractivity contribution in [1.82, 2.24) is 5.32 Å². The smallest absolute Gasteiger partial charge is 0.337 e. The van der Waals surface area contributed by atoms with Crippen molar-refractivity contribution in [3.8, 4) is 0 Å². The number of carboxylic acid groups (broad SMARTS) is 1. The molecule has 18 heavy (non-hydrogen) atoms. The van der Waals surface area contributed by atoms with Crippen LogP contribution in [0.2, 0.25) is 5.02 Å². The zero-order chi connectivity index (χ0) is 13.3. The van der Waals surface area contributed by atoms with Crippen LogP contribution in [0.3, 0.4) is 0 Å². The fourth-order valence-electron chi connectivity index (χ4n) is 1.63. The second-order valence-corrected chi connectivity index (χ2v) is 4.82. The van der Waals surface area contributed by atoms with Crippen molar-refractivity contribution in [2.24, 2.45) is 5.92 Å². The summed E-state index contributed by atoms with van der Waals surface area (Å²) < 4.78 is 0. The van der Waals surface area contributed by atoms with E-state index in [1.54, 1.807) is 6.07 Å². The van der Waals surface area contributed by atoms with Crippen molar-refractivity contribution in [3.05, 3.63) is 28.8 Å². The summed E-state index contributed by atoms with van der Waals surface area (Å²) in [4.78, 5) is 22.4. The number of carbonyl (C=O) groups excluding carboxylic acids is 1. The van der Waals surface area contributed by atoms with Crippen molar-refractivity contribution in [2.45, 2.75) is 19.4 Å². The maximum Gasteiger partial charge on any atom is 0.337 e. The predicted octanol–water partition coefficient (Wildman–Crippen LogP) is 2.57. The molecule has 96 valence electrons. The molecular weight excluding hydrogens is 256 g/mol. The third kappa shape index (κ3) is 2.92. The van der Waals surface area contributed by atoms with Crippen LogP contribution in [0.15, 0.2) is 18.2 Å². The second-order valence-electron chi connectivity index (χ2n) is 4.42. The molecule has 2 atom stereocenters. The van der Waals surface area contributed by atoms with Gasteiger partial charge < -0.3 is 15.7 Å². The molecule has 2 rings (SSSR count). The van der Waals surface area contributed by atoms with Gasteiger partial charge in [-0.05, 0) is 30.5 Å². The number of benzene rings is 1.